The van der Waals surface area contributed by atoms with Crippen molar-refractivity contribution in [2.75, 3.05) is 32.1 Å². The maximum Gasteiger partial charge on any atom is 0.224 e. The molecule has 6 nitrogen and oxygen atoms in total. The van der Waals surface area contributed by atoms with Crippen molar-refractivity contribution in [1.29, 1.82) is 0 Å². The molecule has 0 saturated carbocycles. The van der Waals surface area contributed by atoms with Gasteiger partial charge >= 0.3 is 0 Å². The van der Waals surface area contributed by atoms with E-state index in [-0.39, 0.29) is 35.8 Å². The SMILES string of the molecule is CCN(CC)C(=O)CCN=C(N)Nc1ccc(OC)c(Cl)c1.I. The minimum absolute atomic E-state index is 0. The third kappa shape index (κ3) is 7.26. The molecule has 1 aromatic rings. The van der Waals surface area contributed by atoms with E-state index < -0.39 is 0 Å². The van der Waals surface area contributed by atoms with Crippen molar-refractivity contribution in [2.45, 2.75) is 20.3 Å². The Balaban J connectivity index is 0.00000484. The van der Waals surface area contributed by atoms with E-state index in [9.17, 15) is 4.79 Å². The molecule has 8 heteroatoms. The van der Waals surface area contributed by atoms with Crippen LogP contribution in [0.2, 0.25) is 5.02 Å². The third-order valence-electron chi connectivity index (χ3n) is 3.15. The minimum atomic E-state index is 0. The van der Waals surface area contributed by atoms with Gasteiger partial charge in [-0.15, -0.1) is 24.0 Å². The Morgan fingerprint density at radius 1 is 1.39 bits per heavy atom. The number of nitrogens with zero attached hydrogens (tertiary/aromatic N) is 2. The zero-order valence-electron chi connectivity index (χ0n) is 13.6. The van der Waals surface area contributed by atoms with Gasteiger partial charge in [0, 0.05) is 25.2 Å². The van der Waals surface area contributed by atoms with E-state index in [1.54, 1.807) is 30.2 Å². The lowest BCUT2D eigenvalue weighted by Crippen LogP contribution is -2.31. The van der Waals surface area contributed by atoms with Gasteiger partial charge in [-0.05, 0) is 32.0 Å². The molecule has 1 amide bonds. The van der Waals surface area contributed by atoms with Crippen molar-refractivity contribution < 1.29 is 9.53 Å². The van der Waals surface area contributed by atoms with Gasteiger partial charge in [-0.2, -0.15) is 0 Å². The molecule has 0 atom stereocenters. The monoisotopic (exact) mass is 454 g/mol. The highest BCUT2D eigenvalue weighted by atomic mass is 127. The lowest BCUT2D eigenvalue weighted by Gasteiger charge is -2.17. The fourth-order valence-electron chi connectivity index (χ4n) is 1.94. The maximum absolute atomic E-state index is 11.8. The Morgan fingerprint density at radius 2 is 2.04 bits per heavy atom. The van der Waals surface area contributed by atoms with Crippen molar-refractivity contribution in [2.24, 2.45) is 10.7 Å². The molecule has 23 heavy (non-hydrogen) atoms. The van der Waals surface area contributed by atoms with E-state index in [0.29, 0.717) is 42.5 Å². The van der Waals surface area contributed by atoms with Crippen LogP contribution in [0, 0.1) is 0 Å². The number of hydrogen-bond donors (Lipinski definition) is 2. The fraction of sp³-hybridized carbons (Fsp3) is 0.467. The fourth-order valence-corrected chi connectivity index (χ4v) is 2.20. The number of ether oxygens (including phenoxy) is 1. The van der Waals surface area contributed by atoms with Crippen LogP contribution in [0.25, 0.3) is 0 Å². The number of carbonyl (C=O) groups excluding carboxylic acids is 1. The normalized spacial score (nSPS) is 10.7. The van der Waals surface area contributed by atoms with Gasteiger partial charge in [-0.1, -0.05) is 11.6 Å². The molecular weight excluding hydrogens is 431 g/mol. The standard InChI is InChI=1S/C15H23ClN4O2.HI/c1-4-20(5-2)14(21)8-9-18-15(17)19-11-6-7-13(22-3)12(16)10-11;/h6-7,10H,4-5,8-9H2,1-3H3,(H3,17,18,19);1H. The average Bonchev–Trinajstić information content (AvgIpc) is 2.48. The van der Waals surface area contributed by atoms with Gasteiger partial charge in [-0.25, -0.2) is 0 Å². The lowest BCUT2D eigenvalue weighted by atomic mass is 10.3. The summed E-state index contributed by atoms with van der Waals surface area (Å²) in [5.41, 5.74) is 6.50. The summed E-state index contributed by atoms with van der Waals surface area (Å²) in [4.78, 5) is 17.7. The van der Waals surface area contributed by atoms with Crippen LogP contribution in [0.15, 0.2) is 23.2 Å². The topological polar surface area (TPSA) is 80.0 Å². The van der Waals surface area contributed by atoms with Gasteiger partial charge in [0.1, 0.15) is 5.75 Å². The van der Waals surface area contributed by atoms with Gasteiger partial charge in [-0.3, -0.25) is 9.79 Å². The Morgan fingerprint density at radius 3 is 2.57 bits per heavy atom. The summed E-state index contributed by atoms with van der Waals surface area (Å²) < 4.78 is 5.08. The summed E-state index contributed by atoms with van der Waals surface area (Å²) >= 11 is 6.03. The van der Waals surface area contributed by atoms with Gasteiger partial charge in [0.25, 0.3) is 0 Å². The van der Waals surface area contributed by atoms with Crippen molar-refractivity contribution in [3.63, 3.8) is 0 Å². The Labute approximate surface area is 159 Å². The molecule has 0 aromatic heterocycles. The second-order valence-corrected chi connectivity index (χ2v) is 4.96. The molecule has 0 saturated heterocycles. The lowest BCUT2D eigenvalue weighted by molar-refractivity contribution is -0.130. The molecule has 0 spiro atoms. The van der Waals surface area contributed by atoms with Crippen molar-refractivity contribution in [3.05, 3.63) is 23.2 Å². The predicted molar refractivity (Wildman–Crippen MR) is 106 cm³/mol. The predicted octanol–water partition coefficient (Wildman–Crippen LogP) is 2.95. The first kappa shape index (κ1) is 21.8. The van der Waals surface area contributed by atoms with Crippen LogP contribution in [0.5, 0.6) is 5.75 Å². The number of halogens is 2. The number of nitrogens with two attached hydrogens (primary N) is 1. The van der Waals surface area contributed by atoms with E-state index in [2.05, 4.69) is 10.3 Å². The third-order valence-corrected chi connectivity index (χ3v) is 3.44. The van der Waals surface area contributed by atoms with E-state index >= 15 is 0 Å². The molecule has 3 N–H and O–H groups in total. The van der Waals surface area contributed by atoms with Crippen LogP contribution in [-0.4, -0.2) is 43.5 Å². The number of aliphatic imine (C=N–C) groups is 1. The maximum atomic E-state index is 11.8. The van der Waals surface area contributed by atoms with Crippen LogP contribution in [0.3, 0.4) is 0 Å². The molecule has 1 aromatic carbocycles. The molecule has 130 valence electrons. The van der Waals surface area contributed by atoms with Crippen molar-refractivity contribution in [1.82, 2.24) is 4.90 Å². The van der Waals surface area contributed by atoms with E-state index in [1.807, 2.05) is 13.8 Å². The summed E-state index contributed by atoms with van der Waals surface area (Å²) in [7, 11) is 1.55. The van der Waals surface area contributed by atoms with Gasteiger partial charge < -0.3 is 20.7 Å². The Bertz CT molecular complexity index is 536. The largest absolute Gasteiger partial charge is 0.495 e. The zero-order chi connectivity index (χ0) is 16.5. The van der Waals surface area contributed by atoms with Gasteiger partial charge in [0.05, 0.1) is 18.7 Å². The second kappa shape index (κ2) is 11.3. The number of rotatable bonds is 7. The quantitative estimate of drug-likeness (QED) is 0.377. The molecule has 1 rings (SSSR count). The van der Waals surface area contributed by atoms with Crippen LogP contribution in [0.1, 0.15) is 20.3 Å². The van der Waals surface area contributed by atoms with Crippen molar-refractivity contribution in [3.8, 4) is 5.75 Å². The Kier molecular flexibility index (Phi) is 10.7. The van der Waals surface area contributed by atoms with E-state index in [0.717, 1.165) is 0 Å². The molecule has 0 bridgehead atoms. The molecule has 0 heterocycles. The Hall–Kier alpha value is -1.22. The summed E-state index contributed by atoms with van der Waals surface area (Å²) in [6, 6.07) is 5.22. The summed E-state index contributed by atoms with van der Waals surface area (Å²) in [6.07, 6.45) is 0.341. The first-order chi connectivity index (χ1) is 10.5. The number of nitrogens with one attached hydrogen (secondary N) is 1. The first-order valence-corrected chi connectivity index (χ1v) is 7.57. The number of amides is 1. The minimum Gasteiger partial charge on any atom is -0.495 e. The number of carbonyl (C=O) groups is 1. The molecule has 0 aliphatic heterocycles. The first-order valence-electron chi connectivity index (χ1n) is 7.20. The van der Waals surface area contributed by atoms with Crippen LogP contribution in [-0.2, 0) is 4.79 Å². The molecular formula is C15H24ClIN4O2. The van der Waals surface area contributed by atoms with Crippen LogP contribution >= 0.6 is 35.6 Å². The number of benzene rings is 1. The van der Waals surface area contributed by atoms with E-state index in [4.69, 9.17) is 22.1 Å². The summed E-state index contributed by atoms with van der Waals surface area (Å²) in [5, 5.41) is 3.41. The highest BCUT2D eigenvalue weighted by Crippen LogP contribution is 2.26. The molecule has 0 radical (unpaired) electrons. The highest BCUT2D eigenvalue weighted by molar-refractivity contribution is 14.0. The van der Waals surface area contributed by atoms with Gasteiger partial charge in [0.15, 0.2) is 5.96 Å². The highest BCUT2D eigenvalue weighted by Gasteiger charge is 2.08. The van der Waals surface area contributed by atoms with Gasteiger partial charge in [0.2, 0.25) is 5.91 Å². The zero-order valence-corrected chi connectivity index (χ0v) is 16.7. The number of methoxy groups -OCH3 is 1. The van der Waals surface area contributed by atoms with E-state index in [1.165, 1.54) is 0 Å². The second-order valence-electron chi connectivity index (χ2n) is 4.56. The molecule has 0 aliphatic rings. The smallest absolute Gasteiger partial charge is 0.224 e. The molecule has 0 aliphatic carbocycles. The van der Waals surface area contributed by atoms with Crippen LogP contribution < -0.4 is 15.8 Å². The summed E-state index contributed by atoms with van der Waals surface area (Å²) in [5.74, 6) is 0.912. The molecule has 0 unspecified atom stereocenters. The van der Waals surface area contributed by atoms with Crippen LogP contribution in [0.4, 0.5) is 5.69 Å². The molecule has 0 fully saturated rings. The van der Waals surface area contributed by atoms with Crippen molar-refractivity contribution >= 4 is 53.1 Å². The average molecular weight is 455 g/mol. The number of hydrogen-bond acceptors (Lipinski definition) is 3. The number of anilines is 1. The summed E-state index contributed by atoms with van der Waals surface area (Å²) in [6.45, 7) is 5.66. The number of guanidine groups is 1.